The van der Waals surface area contributed by atoms with E-state index in [9.17, 15) is 0 Å². The predicted molar refractivity (Wildman–Crippen MR) is 211 cm³/mol. The van der Waals surface area contributed by atoms with Gasteiger partial charge >= 0.3 is 0 Å². The van der Waals surface area contributed by atoms with E-state index in [4.69, 9.17) is 4.98 Å². The number of hydrogen-bond acceptors (Lipinski definition) is 1. The molecule has 1 heterocycles. The van der Waals surface area contributed by atoms with Gasteiger partial charge < -0.3 is 0 Å². The molecule has 7 aromatic carbocycles. The molecular weight excluding hydrogens is 603 g/mol. The highest BCUT2D eigenvalue weighted by molar-refractivity contribution is 6.21. The molecule has 0 N–H and O–H groups in total. The molecule has 1 nitrogen and oxygen atoms in total. The van der Waals surface area contributed by atoms with Gasteiger partial charge in [0.1, 0.15) is 0 Å². The lowest BCUT2D eigenvalue weighted by atomic mass is 9.85. The van der Waals surface area contributed by atoms with Gasteiger partial charge in [0.05, 0.1) is 0 Å². The van der Waals surface area contributed by atoms with Gasteiger partial charge in [-0.15, -0.1) is 0 Å². The summed E-state index contributed by atoms with van der Waals surface area (Å²) in [6.45, 7) is 2.30. The van der Waals surface area contributed by atoms with Crippen LogP contribution in [0.25, 0.3) is 83.3 Å². The van der Waals surface area contributed by atoms with Gasteiger partial charge in [-0.3, -0.25) is 4.98 Å². The molecule has 236 valence electrons. The van der Waals surface area contributed by atoms with Crippen LogP contribution in [0.3, 0.4) is 0 Å². The molecule has 0 bridgehead atoms. The molecule has 0 saturated carbocycles. The number of hydrogen-bond donors (Lipinski definition) is 0. The van der Waals surface area contributed by atoms with Gasteiger partial charge in [-0.2, -0.15) is 0 Å². The number of aryl methyl sites for hydroxylation is 1. The topological polar surface area (TPSA) is 12.9 Å². The summed E-state index contributed by atoms with van der Waals surface area (Å²) in [5.74, 6) is 0. The Kier molecular flexibility index (Phi) is 6.67. The van der Waals surface area contributed by atoms with E-state index in [1.165, 1.54) is 105 Å². The fourth-order valence-corrected chi connectivity index (χ4v) is 8.63. The normalized spacial score (nSPS) is 13.0. The second-order valence-corrected chi connectivity index (χ2v) is 13.8. The van der Waals surface area contributed by atoms with Crippen molar-refractivity contribution < 1.29 is 0 Å². The van der Waals surface area contributed by atoms with Gasteiger partial charge in [0.15, 0.2) is 0 Å². The highest BCUT2D eigenvalue weighted by Gasteiger charge is 2.26. The first-order valence-electron chi connectivity index (χ1n) is 17.7. The lowest BCUT2D eigenvalue weighted by Gasteiger charge is -2.18. The Morgan fingerprint density at radius 2 is 1.08 bits per heavy atom. The number of nitrogens with zero attached hydrogens (tertiary/aromatic N) is 1. The quantitative estimate of drug-likeness (QED) is 0.175. The van der Waals surface area contributed by atoms with Crippen LogP contribution < -0.4 is 0 Å². The summed E-state index contributed by atoms with van der Waals surface area (Å²) in [7, 11) is 0. The molecule has 0 amide bonds. The summed E-state index contributed by atoms with van der Waals surface area (Å²) in [5.41, 5.74) is 19.6. The van der Waals surface area contributed by atoms with E-state index in [1.807, 2.05) is 0 Å². The van der Waals surface area contributed by atoms with Crippen molar-refractivity contribution in [2.45, 2.75) is 26.2 Å². The summed E-state index contributed by atoms with van der Waals surface area (Å²) >= 11 is 0. The zero-order valence-electron chi connectivity index (χ0n) is 28.1. The van der Waals surface area contributed by atoms with Crippen molar-refractivity contribution in [3.05, 3.63) is 180 Å². The lowest BCUT2D eigenvalue weighted by molar-refractivity contribution is 0.921. The highest BCUT2D eigenvalue weighted by atomic mass is 14.7. The van der Waals surface area contributed by atoms with Crippen molar-refractivity contribution in [3.8, 4) is 55.6 Å². The molecule has 0 saturated heterocycles. The zero-order chi connectivity index (χ0) is 33.2. The predicted octanol–water partition coefficient (Wildman–Crippen LogP) is 12.9. The molecular formula is C49H35N. The number of aromatic nitrogens is 1. The summed E-state index contributed by atoms with van der Waals surface area (Å²) in [5, 5.41) is 5.10. The number of benzene rings is 7. The average Bonchev–Trinajstić information content (AvgIpc) is 3.58. The monoisotopic (exact) mass is 637 g/mol. The fourth-order valence-electron chi connectivity index (χ4n) is 8.63. The second-order valence-electron chi connectivity index (χ2n) is 13.8. The third kappa shape index (κ3) is 4.51. The Hall–Kier alpha value is -6.05. The molecule has 10 rings (SSSR count). The number of pyridine rings is 1. The van der Waals surface area contributed by atoms with E-state index in [0.717, 1.165) is 19.3 Å². The van der Waals surface area contributed by atoms with Crippen LogP contribution in [-0.4, -0.2) is 4.98 Å². The maximum Gasteiger partial charge on any atom is 0.0482 e. The largest absolute Gasteiger partial charge is 0.260 e. The summed E-state index contributed by atoms with van der Waals surface area (Å²) in [6.07, 6.45) is 9.83. The average molecular weight is 638 g/mol. The smallest absolute Gasteiger partial charge is 0.0482 e. The molecule has 1 aromatic heterocycles. The number of rotatable bonds is 4. The van der Waals surface area contributed by atoms with E-state index in [0.29, 0.717) is 0 Å². The van der Waals surface area contributed by atoms with Crippen LogP contribution in [0, 0.1) is 6.92 Å². The van der Waals surface area contributed by atoms with Gasteiger partial charge in [-0.05, 0) is 126 Å². The molecule has 0 atom stereocenters. The van der Waals surface area contributed by atoms with Crippen LogP contribution in [0.4, 0.5) is 0 Å². The minimum absolute atomic E-state index is 0.982. The van der Waals surface area contributed by atoms with Crippen molar-refractivity contribution in [1.29, 1.82) is 0 Å². The molecule has 0 unspecified atom stereocenters. The Labute approximate surface area is 293 Å². The van der Waals surface area contributed by atoms with Crippen LogP contribution in [0.5, 0.6) is 0 Å². The standard InChI is InChI=1S/C49H35N/c1-31-37(26-27-38-44(31)29-45-39-16-9-10-21-47(39)50-30-46(38)45)33-22-24-34(25-23-33)48-40-17-5-7-19-42(40)49(43-20-8-6-18-41(43)48)36-15-11-14-35(28-36)32-12-3-2-4-13-32/h2-9,11-20,22-28,30H,10,21,29H2,1H3. The van der Waals surface area contributed by atoms with E-state index >= 15 is 0 Å². The minimum Gasteiger partial charge on any atom is -0.260 e. The van der Waals surface area contributed by atoms with Crippen LogP contribution in [0.1, 0.15) is 34.4 Å². The summed E-state index contributed by atoms with van der Waals surface area (Å²) in [4.78, 5) is 4.87. The Bertz CT molecular complexity index is 2600. The van der Waals surface area contributed by atoms with E-state index in [-0.39, 0.29) is 0 Å². The second kappa shape index (κ2) is 11.5. The van der Waals surface area contributed by atoms with E-state index in [1.54, 1.807) is 0 Å². The van der Waals surface area contributed by atoms with Crippen LogP contribution in [-0.2, 0) is 12.8 Å². The molecule has 1 heteroatoms. The first kappa shape index (κ1) is 28.9. The summed E-state index contributed by atoms with van der Waals surface area (Å²) in [6, 6.07) is 51.5. The maximum absolute atomic E-state index is 4.87. The maximum atomic E-state index is 4.87. The van der Waals surface area contributed by atoms with Crippen LogP contribution in [0.15, 0.2) is 152 Å². The van der Waals surface area contributed by atoms with Gasteiger partial charge in [-0.25, -0.2) is 0 Å². The Morgan fingerprint density at radius 1 is 0.480 bits per heavy atom. The molecule has 0 aliphatic heterocycles. The first-order valence-corrected chi connectivity index (χ1v) is 17.7. The van der Waals surface area contributed by atoms with Gasteiger partial charge in [-0.1, -0.05) is 146 Å². The Morgan fingerprint density at radius 3 is 1.80 bits per heavy atom. The third-order valence-corrected chi connectivity index (χ3v) is 11.1. The highest BCUT2D eigenvalue weighted by Crippen LogP contribution is 2.46. The molecule has 0 radical (unpaired) electrons. The number of fused-ring (bicyclic) bond motifs is 7. The van der Waals surface area contributed by atoms with Crippen molar-refractivity contribution >= 4 is 27.6 Å². The van der Waals surface area contributed by atoms with Crippen molar-refractivity contribution in [1.82, 2.24) is 4.98 Å². The SMILES string of the molecule is Cc1c(-c2ccc(-c3c4ccccc4c(-c4cccc(-c5ccccc5)c4)c4ccccc34)cc2)ccc2c1Cc1c-2cnc2c1C=CCC2. The van der Waals surface area contributed by atoms with Crippen molar-refractivity contribution in [2.24, 2.45) is 0 Å². The van der Waals surface area contributed by atoms with Crippen LogP contribution >= 0.6 is 0 Å². The van der Waals surface area contributed by atoms with E-state index < -0.39 is 0 Å². The summed E-state index contributed by atoms with van der Waals surface area (Å²) < 4.78 is 0. The van der Waals surface area contributed by atoms with Crippen molar-refractivity contribution in [3.63, 3.8) is 0 Å². The van der Waals surface area contributed by atoms with Crippen LogP contribution in [0.2, 0.25) is 0 Å². The van der Waals surface area contributed by atoms with Gasteiger partial charge in [0, 0.05) is 17.5 Å². The molecule has 8 aromatic rings. The molecule has 50 heavy (non-hydrogen) atoms. The van der Waals surface area contributed by atoms with Gasteiger partial charge in [0.2, 0.25) is 0 Å². The molecule has 0 fully saturated rings. The lowest BCUT2D eigenvalue weighted by Crippen LogP contribution is -2.01. The number of allylic oxidation sites excluding steroid dienone is 1. The van der Waals surface area contributed by atoms with Crippen molar-refractivity contribution in [2.75, 3.05) is 0 Å². The fraction of sp³-hybridized carbons (Fsp3) is 0.0816. The molecule has 2 aliphatic carbocycles. The Balaban J connectivity index is 1.08. The van der Waals surface area contributed by atoms with Gasteiger partial charge in [0.25, 0.3) is 0 Å². The molecule has 0 spiro atoms. The first-order chi connectivity index (χ1) is 24.7. The zero-order valence-corrected chi connectivity index (χ0v) is 28.1. The minimum atomic E-state index is 0.982. The molecule has 2 aliphatic rings. The van der Waals surface area contributed by atoms with E-state index in [2.05, 4.69) is 165 Å². The third-order valence-electron chi connectivity index (χ3n) is 11.1.